The Bertz CT molecular complexity index is 1980. The summed E-state index contributed by atoms with van der Waals surface area (Å²) in [5, 5.41) is 12.2. The first-order chi connectivity index (χ1) is 22.3. The van der Waals surface area contributed by atoms with Crippen LogP contribution < -0.4 is 33.8 Å². The quantitative estimate of drug-likeness (QED) is 0.125. The number of carbonyl (C=O) groups is 1. The van der Waals surface area contributed by atoms with Gasteiger partial charge < -0.3 is 23.7 Å². The van der Waals surface area contributed by atoms with E-state index in [1.165, 1.54) is 43.2 Å². The van der Waals surface area contributed by atoms with E-state index in [0.717, 1.165) is 16.9 Å². The number of hydrogen-bond donors (Lipinski definition) is 0. The van der Waals surface area contributed by atoms with Crippen LogP contribution in [0.2, 0.25) is 0 Å². The van der Waals surface area contributed by atoms with Gasteiger partial charge in [0.05, 0.1) is 60.1 Å². The third-order valence-electron chi connectivity index (χ3n) is 7.04. The molecule has 5 rings (SSSR count). The van der Waals surface area contributed by atoms with Gasteiger partial charge in [0.25, 0.3) is 11.2 Å². The Morgan fingerprint density at radius 1 is 0.978 bits per heavy atom. The summed E-state index contributed by atoms with van der Waals surface area (Å²) >= 11 is 1.03. The second-order valence-corrected chi connectivity index (χ2v) is 10.9. The summed E-state index contributed by atoms with van der Waals surface area (Å²) in [5.41, 5.74) is 0.892. The Morgan fingerprint density at radius 2 is 1.70 bits per heavy atom. The van der Waals surface area contributed by atoms with Crippen molar-refractivity contribution in [3.8, 4) is 23.0 Å². The normalized spacial score (nSPS) is 14.0. The van der Waals surface area contributed by atoms with Crippen LogP contribution in [-0.4, -0.2) is 42.9 Å². The van der Waals surface area contributed by atoms with Crippen molar-refractivity contribution in [1.29, 1.82) is 0 Å². The molecular formula is C33H31N3O9S. The van der Waals surface area contributed by atoms with Crippen LogP contribution in [0.1, 0.15) is 36.6 Å². The molecule has 3 aromatic carbocycles. The summed E-state index contributed by atoms with van der Waals surface area (Å²) in [5.74, 6) is 0.731. The molecule has 0 spiro atoms. The number of nitro groups is 1. The van der Waals surface area contributed by atoms with Crippen molar-refractivity contribution in [3.63, 3.8) is 0 Å². The molecule has 13 heteroatoms. The molecule has 0 N–H and O–H groups in total. The minimum absolute atomic E-state index is 0.126. The fraction of sp³-hybridized carbons (Fsp3) is 0.242. The number of carbonyl (C=O) groups excluding carboxylic acids is 1. The summed E-state index contributed by atoms with van der Waals surface area (Å²) in [7, 11) is 2.67. The standard InChI is InChI=1S/C33H31N3O9S/c1-5-43-25-13-12-21(14-27(25)44-6-2)30-23(32(38)42-4)18-34-33-35(30)31(37)29(46-33)16-22-15-26(41-3)28(17-24(22)36(39)40)45-19-20-10-8-7-9-11-20/h7-18,30H,5-6,19H2,1-4H3/b29-16-/t30-/m1/s1. The van der Waals surface area contributed by atoms with E-state index in [1.54, 1.807) is 18.2 Å². The minimum atomic E-state index is -0.918. The smallest absolute Gasteiger partial charge is 0.337 e. The number of rotatable bonds is 12. The van der Waals surface area contributed by atoms with Gasteiger partial charge in [-0.2, -0.15) is 0 Å². The minimum Gasteiger partial charge on any atom is -0.493 e. The SMILES string of the molecule is CCOc1ccc([C@@H]2C(C(=O)OC)=CN=c3s/c(=C\c4cc(OC)c(OCc5ccccc5)cc4[N+](=O)[O-])c(=O)n32)cc1OCC. The predicted molar refractivity (Wildman–Crippen MR) is 170 cm³/mol. The summed E-state index contributed by atoms with van der Waals surface area (Å²) in [4.78, 5) is 43.2. The van der Waals surface area contributed by atoms with Gasteiger partial charge in [0, 0.05) is 6.20 Å². The van der Waals surface area contributed by atoms with Crippen molar-refractivity contribution in [3.05, 3.63) is 119 Å². The summed E-state index contributed by atoms with van der Waals surface area (Å²) in [6, 6.07) is 16.3. The van der Waals surface area contributed by atoms with Crippen molar-refractivity contribution in [2.45, 2.75) is 26.5 Å². The number of nitrogens with zero attached hydrogens (tertiary/aromatic N) is 3. The fourth-order valence-electron chi connectivity index (χ4n) is 4.97. The highest BCUT2D eigenvalue weighted by Gasteiger charge is 2.32. The Morgan fingerprint density at radius 3 is 2.37 bits per heavy atom. The van der Waals surface area contributed by atoms with E-state index in [-0.39, 0.29) is 44.3 Å². The highest BCUT2D eigenvalue weighted by Crippen LogP contribution is 2.37. The number of fused-ring (bicyclic) bond motifs is 1. The molecule has 1 atom stereocenters. The molecule has 0 saturated carbocycles. The molecule has 0 aliphatic carbocycles. The van der Waals surface area contributed by atoms with Crippen LogP contribution in [0, 0.1) is 10.1 Å². The van der Waals surface area contributed by atoms with Crippen molar-refractivity contribution >= 4 is 29.1 Å². The lowest BCUT2D eigenvalue weighted by Gasteiger charge is -2.23. The van der Waals surface area contributed by atoms with Gasteiger partial charge in [-0.1, -0.05) is 47.7 Å². The molecule has 46 heavy (non-hydrogen) atoms. The molecule has 0 radical (unpaired) electrons. The van der Waals surface area contributed by atoms with Gasteiger partial charge in [0.2, 0.25) is 0 Å². The van der Waals surface area contributed by atoms with Crippen LogP contribution in [0.5, 0.6) is 23.0 Å². The summed E-state index contributed by atoms with van der Waals surface area (Å²) in [6.07, 6.45) is 2.78. The predicted octanol–water partition coefficient (Wildman–Crippen LogP) is 4.31. The molecule has 1 aliphatic heterocycles. The van der Waals surface area contributed by atoms with Crippen molar-refractivity contribution in [2.75, 3.05) is 27.4 Å². The van der Waals surface area contributed by atoms with Crippen LogP contribution in [-0.2, 0) is 16.1 Å². The number of esters is 1. The van der Waals surface area contributed by atoms with E-state index in [4.69, 9.17) is 23.7 Å². The maximum atomic E-state index is 14.0. The Labute approximate surface area is 267 Å². The molecule has 238 valence electrons. The summed E-state index contributed by atoms with van der Waals surface area (Å²) in [6.45, 7) is 4.64. The molecule has 4 aromatic rings. The molecule has 1 aromatic heterocycles. The van der Waals surface area contributed by atoms with Gasteiger partial charge in [0.15, 0.2) is 27.8 Å². The molecule has 2 heterocycles. The second kappa shape index (κ2) is 14.1. The average molecular weight is 646 g/mol. The van der Waals surface area contributed by atoms with Crippen molar-refractivity contribution in [1.82, 2.24) is 4.57 Å². The zero-order valence-corrected chi connectivity index (χ0v) is 26.4. The van der Waals surface area contributed by atoms with Crippen LogP contribution in [0.25, 0.3) is 6.08 Å². The zero-order valence-electron chi connectivity index (χ0n) is 25.6. The highest BCUT2D eigenvalue weighted by molar-refractivity contribution is 7.07. The first-order valence-electron chi connectivity index (χ1n) is 14.3. The molecule has 0 unspecified atom stereocenters. The number of nitro benzene ring substituents is 1. The topological polar surface area (TPSA) is 141 Å². The first-order valence-corrected chi connectivity index (χ1v) is 15.1. The maximum absolute atomic E-state index is 14.0. The van der Waals surface area contributed by atoms with E-state index in [0.29, 0.717) is 30.3 Å². The number of hydrogen-bond acceptors (Lipinski definition) is 11. The number of ether oxygens (including phenoxy) is 5. The lowest BCUT2D eigenvalue weighted by Crippen LogP contribution is -2.39. The molecular weight excluding hydrogens is 614 g/mol. The zero-order chi connectivity index (χ0) is 32.8. The van der Waals surface area contributed by atoms with E-state index in [9.17, 15) is 19.7 Å². The Kier molecular flexibility index (Phi) is 9.82. The van der Waals surface area contributed by atoms with Crippen LogP contribution in [0.3, 0.4) is 0 Å². The lowest BCUT2D eigenvalue weighted by molar-refractivity contribution is -0.385. The summed E-state index contributed by atoms with van der Waals surface area (Å²) < 4.78 is 29.4. The van der Waals surface area contributed by atoms with E-state index in [2.05, 4.69) is 4.99 Å². The van der Waals surface area contributed by atoms with Crippen LogP contribution >= 0.6 is 11.3 Å². The van der Waals surface area contributed by atoms with Gasteiger partial charge in [-0.15, -0.1) is 0 Å². The maximum Gasteiger partial charge on any atom is 0.337 e. The number of methoxy groups -OCH3 is 2. The number of benzene rings is 3. The van der Waals surface area contributed by atoms with Crippen LogP contribution in [0.15, 0.2) is 82.2 Å². The number of aromatic nitrogens is 1. The van der Waals surface area contributed by atoms with Gasteiger partial charge in [-0.05, 0) is 49.2 Å². The Balaban J connectivity index is 1.63. The molecule has 1 aliphatic rings. The first kappa shape index (κ1) is 32.0. The lowest BCUT2D eigenvalue weighted by atomic mass is 9.97. The van der Waals surface area contributed by atoms with E-state index >= 15 is 0 Å². The van der Waals surface area contributed by atoms with Gasteiger partial charge >= 0.3 is 5.97 Å². The van der Waals surface area contributed by atoms with E-state index < -0.39 is 22.5 Å². The molecule has 0 fully saturated rings. The van der Waals surface area contributed by atoms with Gasteiger partial charge in [-0.25, -0.2) is 9.79 Å². The monoisotopic (exact) mass is 645 g/mol. The Hall–Kier alpha value is -5.43. The van der Waals surface area contributed by atoms with E-state index in [1.807, 2.05) is 44.2 Å². The number of thiazole rings is 1. The van der Waals surface area contributed by atoms with Crippen molar-refractivity contribution in [2.24, 2.45) is 4.99 Å². The molecule has 0 saturated heterocycles. The van der Waals surface area contributed by atoms with Crippen molar-refractivity contribution < 1.29 is 33.4 Å². The largest absolute Gasteiger partial charge is 0.493 e. The molecule has 12 nitrogen and oxygen atoms in total. The van der Waals surface area contributed by atoms with Crippen LogP contribution in [0.4, 0.5) is 5.69 Å². The van der Waals surface area contributed by atoms with Gasteiger partial charge in [-0.3, -0.25) is 19.5 Å². The average Bonchev–Trinajstić information content (AvgIpc) is 3.38. The third-order valence-corrected chi connectivity index (χ3v) is 8.04. The fourth-order valence-corrected chi connectivity index (χ4v) is 5.94. The highest BCUT2D eigenvalue weighted by atomic mass is 32.1. The third kappa shape index (κ3) is 6.49. The molecule has 0 amide bonds. The second-order valence-electron chi connectivity index (χ2n) is 9.84. The molecule has 0 bridgehead atoms. The van der Waals surface area contributed by atoms with Gasteiger partial charge in [0.1, 0.15) is 6.61 Å².